The molecule has 3 rings (SSSR count). The molecule has 2 N–H and O–H groups in total. The van der Waals surface area contributed by atoms with Gasteiger partial charge in [-0.2, -0.15) is 5.26 Å². The lowest BCUT2D eigenvalue weighted by Crippen LogP contribution is -2.13. The number of aryl methyl sites for hydroxylation is 1. The smallest absolute Gasteiger partial charge is 0.266 e. The summed E-state index contributed by atoms with van der Waals surface area (Å²) < 4.78 is 1.92. The van der Waals surface area contributed by atoms with Crippen LogP contribution in [-0.2, 0) is 4.79 Å². The largest absolute Gasteiger partial charge is 0.508 e. The monoisotopic (exact) mass is 425 g/mol. The highest BCUT2D eigenvalue weighted by Crippen LogP contribution is 2.30. The molecule has 1 aromatic heterocycles. The Bertz CT molecular complexity index is 1160. The van der Waals surface area contributed by atoms with Crippen molar-refractivity contribution in [3.63, 3.8) is 0 Å². The van der Waals surface area contributed by atoms with E-state index in [0.29, 0.717) is 15.7 Å². The molecule has 0 saturated heterocycles. The molecule has 0 bridgehead atoms. The maximum absolute atomic E-state index is 12.5. The Hall–Kier alpha value is -3.20. The zero-order chi connectivity index (χ0) is 21.1. The molecule has 0 unspecified atom stereocenters. The lowest BCUT2D eigenvalue weighted by molar-refractivity contribution is -0.112. The molecular weight excluding hydrogens is 409 g/mol. The minimum atomic E-state index is -0.538. The maximum atomic E-state index is 12.5. The van der Waals surface area contributed by atoms with Crippen LogP contribution >= 0.6 is 23.2 Å². The fraction of sp³-hybridized carbons (Fsp3) is 0.0909. The highest BCUT2D eigenvalue weighted by Gasteiger charge is 2.15. The lowest BCUT2D eigenvalue weighted by atomic mass is 10.1. The van der Waals surface area contributed by atoms with Crippen LogP contribution < -0.4 is 5.32 Å². The first-order chi connectivity index (χ1) is 13.8. The Labute approximate surface area is 178 Å². The summed E-state index contributed by atoms with van der Waals surface area (Å²) in [6, 6.07) is 15.0. The van der Waals surface area contributed by atoms with E-state index in [4.69, 9.17) is 23.2 Å². The summed E-state index contributed by atoms with van der Waals surface area (Å²) >= 11 is 12.5. The first-order valence-corrected chi connectivity index (χ1v) is 9.42. The summed E-state index contributed by atoms with van der Waals surface area (Å²) in [5.74, 6) is -0.449. The molecule has 1 amide bonds. The Morgan fingerprint density at radius 1 is 1.14 bits per heavy atom. The van der Waals surface area contributed by atoms with Crippen molar-refractivity contribution in [1.29, 1.82) is 5.26 Å². The summed E-state index contributed by atoms with van der Waals surface area (Å²) in [6.45, 7) is 3.78. The molecule has 2 aromatic carbocycles. The first kappa shape index (κ1) is 20.5. The van der Waals surface area contributed by atoms with E-state index >= 15 is 0 Å². The van der Waals surface area contributed by atoms with E-state index < -0.39 is 5.91 Å². The van der Waals surface area contributed by atoms with Gasteiger partial charge < -0.3 is 15.0 Å². The van der Waals surface area contributed by atoms with E-state index in [2.05, 4.69) is 5.32 Å². The topological polar surface area (TPSA) is 78.1 Å². The predicted octanol–water partition coefficient (Wildman–Crippen LogP) is 5.65. The molecule has 0 aliphatic heterocycles. The summed E-state index contributed by atoms with van der Waals surface area (Å²) in [7, 11) is 0. The van der Waals surface area contributed by atoms with Gasteiger partial charge in [0, 0.05) is 22.1 Å². The second-order valence-electron chi connectivity index (χ2n) is 6.43. The van der Waals surface area contributed by atoms with Crippen LogP contribution in [0.2, 0.25) is 10.0 Å². The van der Waals surface area contributed by atoms with E-state index in [1.807, 2.05) is 30.6 Å². The predicted molar refractivity (Wildman–Crippen MR) is 116 cm³/mol. The average Bonchev–Trinajstić information content (AvgIpc) is 2.96. The van der Waals surface area contributed by atoms with E-state index in [1.165, 1.54) is 18.2 Å². The third-order valence-corrected chi connectivity index (χ3v) is 4.96. The number of benzene rings is 2. The van der Waals surface area contributed by atoms with E-state index in [1.54, 1.807) is 30.3 Å². The highest BCUT2D eigenvalue weighted by atomic mass is 35.5. The number of amides is 1. The molecule has 0 saturated carbocycles. The van der Waals surface area contributed by atoms with Crippen LogP contribution in [0.1, 0.15) is 17.0 Å². The highest BCUT2D eigenvalue weighted by molar-refractivity contribution is 6.34. The molecule has 29 heavy (non-hydrogen) atoms. The van der Waals surface area contributed by atoms with E-state index in [9.17, 15) is 15.2 Å². The van der Waals surface area contributed by atoms with Crippen molar-refractivity contribution >= 4 is 40.9 Å². The van der Waals surface area contributed by atoms with Crippen LogP contribution in [0.3, 0.4) is 0 Å². The van der Waals surface area contributed by atoms with Gasteiger partial charge in [0.05, 0.1) is 10.7 Å². The average molecular weight is 426 g/mol. The minimum Gasteiger partial charge on any atom is -0.508 e. The van der Waals surface area contributed by atoms with Gasteiger partial charge in [-0.1, -0.05) is 23.2 Å². The normalized spacial score (nSPS) is 11.2. The van der Waals surface area contributed by atoms with Crippen LogP contribution in [0.5, 0.6) is 5.75 Å². The standard InChI is InChI=1S/C22H17Cl2N3O2/c1-13-9-15(14(2)27(13)21-11-17(23)3-8-20(21)24)10-16(12-25)22(29)26-18-4-6-19(28)7-5-18/h3-11,28H,1-2H3,(H,26,29). The number of phenolic OH excluding ortho intramolecular Hbond substituents is 1. The Morgan fingerprint density at radius 3 is 2.48 bits per heavy atom. The molecule has 5 nitrogen and oxygen atoms in total. The van der Waals surface area contributed by atoms with Crippen molar-refractivity contribution in [3.8, 4) is 17.5 Å². The SMILES string of the molecule is Cc1cc(C=C(C#N)C(=O)Nc2ccc(O)cc2)c(C)n1-c1cc(Cl)ccc1Cl. The number of aromatic nitrogens is 1. The van der Waals surface area contributed by atoms with Crippen molar-refractivity contribution in [3.05, 3.63) is 81.1 Å². The number of nitrogens with one attached hydrogen (secondary N) is 1. The fourth-order valence-electron chi connectivity index (χ4n) is 3.01. The molecule has 3 aromatic rings. The van der Waals surface area contributed by atoms with Crippen molar-refractivity contribution in [2.24, 2.45) is 0 Å². The number of aromatic hydroxyl groups is 1. The second-order valence-corrected chi connectivity index (χ2v) is 7.27. The Kier molecular flexibility index (Phi) is 5.97. The van der Waals surface area contributed by atoms with Crippen molar-refractivity contribution in [2.45, 2.75) is 13.8 Å². The van der Waals surface area contributed by atoms with Crippen molar-refractivity contribution in [1.82, 2.24) is 4.57 Å². The van der Waals surface area contributed by atoms with Crippen LogP contribution in [0.15, 0.2) is 54.1 Å². The van der Waals surface area contributed by atoms with Gasteiger partial charge in [0.15, 0.2) is 0 Å². The van der Waals surface area contributed by atoms with Crippen LogP contribution in [0, 0.1) is 25.2 Å². The minimum absolute atomic E-state index is 0.0458. The van der Waals surface area contributed by atoms with Gasteiger partial charge >= 0.3 is 0 Å². The van der Waals surface area contributed by atoms with Gasteiger partial charge in [0.2, 0.25) is 0 Å². The van der Waals surface area contributed by atoms with Gasteiger partial charge in [-0.15, -0.1) is 0 Å². The molecule has 0 radical (unpaired) electrons. The molecule has 146 valence electrons. The van der Waals surface area contributed by atoms with Gasteiger partial charge in [0.1, 0.15) is 17.4 Å². The number of hydrogen-bond acceptors (Lipinski definition) is 3. The number of halogens is 2. The molecule has 0 aliphatic carbocycles. The van der Waals surface area contributed by atoms with Crippen molar-refractivity contribution < 1.29 is 9.90 Å². The van der Waals surface area contributed by atoms with Gasteiger partial charge in [-0.3, -0.25) is 4.79 Å². The zero-order valence-corrected chi connectivity index (χ0v) is 17.2. The zero-order valence-electron chi connectivity index (χ0n) is 15.7. The number of rotatable bonds is 4. The van der Waals surface area contributed by atoms with Crippen LogP contribution in [0.25, 0.3) is 11.8 Å². The molecule has 1 heterocycles. The lowest BCUT2D eigenvalue weighted by Gasteiger charge is -2.12. The number of nitriles is 1. The van der Waals surface area contributed by atoms with Gasteiger partial charge in [-0.05, 0) is 74.0 Å². The molecular formula is C22H17Cl2N3O2. The van der Waals surface area contributed by atoms with E-state index in [-0.39, 0.29) is 11.3 Å². The molecule has 7 heteroatoms. The molecule has 0 fully saturated rings. The third kappa shape index (κ3) is 4.45. The summed E-state index contributed by atoms with van der Waals surface area (Å²) in [4.78, 5) is 12.5. The van der Waals surface area contributed by atoms with E-state index in [0.717, 1.165) is 22.6 Å². The van der Waals surface area contributed by atoms with Gasteiger partial charge in [-0.25, -0.2) is 0 Å². The van der Waals surface area contributed by atoms with Crippen molar-refractivity contribution in [2.75, 3.05) is 5.32 Å². The number of hydrogen-bond donors (Lipinski definition) is 2. The Morgan fingerprint density at radius 2 is 1.83 bits per heavy atom. The number of anilines is 1. The van der Waals surface area contributed by atoms with Crippen LogP contribution in [0.4, 0.5) is 5.69 Å². The summed E-state index contributed by atoms with van der Waals surface area (Å²) in [5.41, 5.74) is 3.57. The second kappa shape index (κ2) is 8.44. The first-order valence-electron chi connectivity index (χ1n) is 8.66. The van der Waals surface area contributed by atoms with Gasteiger partial charge in [0.25, 0.3) is 5.91 Å². The number of phenols is 1. The molecule has 0 aliphatic rings. The fourth-order valence-corrected chi connectivity index (χ4v) is 3.38. The third-order valence-electron chi connectivity index (χ3n) is 4.41. The molecule has 0 atom stereocenters. The molecule has 0 spiro atoms. The number of carbonyl (C=O) groups is 1. The number of carbonyl (C=O) groups excluding carboxylic acids is 1. The summed E-state index contributed by atoms with van der Waals surface area (Å²) in [5, 5.41) is 22.6. The van der Waals surface area contributed by atoms with Crippen LogP contribution in [-0.4, -0.2) is 15.6 Å². The summed E-state index contributed by atoms with van der Waals surface area (Å²) in [6.07, 6.45) is 1.53. The quantitative estimate of drug-likeness (QED) is 0.321. The maximum Gasteiger partial charge on any atom is 0.266 e. The number of nitrogens with zero attached hydrogens (tertiary/aromatic N) is 2. The Balaban J connectivity index is 1.96.